The van der Waals surface area contributed by atoms with Gasteiger partial charge in [0.15, 0.2) is 0 Å². The van der Waals surface area contributed by atoms with Gasteiger partial charge in [0.2, 0.25) is 0 Å². The Morgan fingerprint density at radius 2 is 1.57 bits per heavy atom. The molecule has 5 nitrogen and oxygen atoms in total. The number of pyridine rings is 1. The third-order valence-electron chi connectivity index (χ3n) is 3.05. The van der Waals surface area contributed by atoms with E-state index in [0.29, 0.717) is 11.3 Å². The van der Waals surface area contributed by atoms with Crippen LogP contribution >= 0.6 is 0 Å². The summed E-state index contributed by atoms with van der Waals surface area (Å²) < 4.78 is 0. The van der Waals surface area contributed by atoms with E-state index in [0.717, 1.165) is 11.3 Å². The Morgan fingerprint density at radius 3 is 2.24 bits per heavy atom. The molecule has 3 aromatic rings. The van der Waals surface area contributed by atoms with Crippen molar-refractivity contribution in [3.63, 3.8) is 0 Å². The fourth-order valence-corrected chi connectivity index (χ4v) is 2.05. The number of hydrogen-bond acceptors (Lipinski definition) is 4. The van der Waals surface area contributed by atoms with Crippen molar-refractivity contribution in [2.45, 2.75) is 0 Å². The first-order valence-corrected chi connectivity index (χ1v) is 6.40. The predicted octanol–water partition coefficient (Wildman–Crippen LogP) is 2.30. The third-order valence-corrected chi connectivity index (χ3v) is 3.05. The summed E-state index contributed by atoms with van der Waals surface area (Å²) in [6, 6.07) is 16.9. The number of aromatic nitrogens is 3. The molecule has 2 N–H and O–H groups in total. The summed E-state index contributed by atoms with van der Waals surface area (Å²) in [6.07, 6.45) is 1.52. The van der Waals surface area contributed by atoms with E-state index in [1.807, 2.05) is 36.4 Å². The van der Waals surface area contributed by atoms with Crippen LogP contribution < -0.4 is 5.73 Å². The molecule has 2 aromatic heterocycles. The van der Waals surface area contributed by atoms with Gasteiger partial charge < -0.3 is 5.73 Å². The minimum Gasteiger partial charge on any atom is -0.364 e. The summed E-state index contributed by atoms with van der Waals surface area (Å²) >= 11 is 0. The maximum absolute atomic E-state index is 11.4. The summed E-state index contributed by atoms with van der Waals surface area (Å²) in [6.45, 7) is 0. The molecule has 1 aromatic carbocycles. The third kappa shape index (κ3) is 2.62. The highest BCUT2D eigenvalue weighted by Crippen LogP contribution is 2.22. The van der Waals surface area contributed by atoms with E-state index >= 15 is 0 Å². The van der Waals surface area contributed by atoms with E-state index in [-0.39, 0.29) is 5.69 Å². The van der Waals surface area contributed by atoms with Gasteiger partial charge in [-0.1, -0.05) is 30.3 Å². The highest BCUT2D eigenvalue weighted by atomic mass is 16.1. The number of hydrogen-bond donors (Lipinski definition) is 1. The fraction of sp³-hybridized carbons (Fsp3) is 0. The van der Waals surface area contributed by atoms with Crippen LogP contribution in [0.1, 0.15) is 10.5 Å². The second-order valence-corrected chi connectivity index (χ2v) is 4.43. The van der Waals surface area contributed by atoms with Crippen molar-refractivity contribution in [3.05, 3.63) is 66.5 Å². The van der Waals surface area contributed by atoms with Crippen LogP contribution in [0.5, 0.6) is 0 Å². The van der Waals surface area contributed by atoms with Gasteiger partial charge in [-0.25, -0.2) is 0 Å². The van der Waals surface area contributed by atoms with E-state index < -0.39 is 5.91 Å². The number of carbonyl (C=O) groups excluding carboxylic acids is 1. The smallest absolute Gasteiger partial charge is 0.268 e. The molecular weight excluding hydrogens is 264 g/mol. The van der Waals surface area contributed by atoms with Crippen LogP contribution in [-0.2, 0) is 0 Å². The van der Waals surface area contributed by atoms with Gasteiger partial charge in [0, 0.05) is 17.3 Å². The predicted molar refractivity (Wildman–Crippen MR) is 79.2 cm³/mol. The first kappa shape index (κ1) is 12.9. The number of nitrogens with zero attached hydrogens (tertiary/aromatic N) is 3. The first-order chi connectivity index (χ1) is 10.3. The molecule has 102 valence electrons. The van der Waals surface area contributed by atoms with Gasteiger partial charge in [-0.15, -0.1) is 10.2 Å². The Labute approximate surface area is 121 Å². The number of primary amides is 1. The van der Waals surface area contributed by atoms with Gasteiger partial charge in [-0.05, 0) is 24.3 Å². The molecule has 0 spiro atoms. The Kier molecular flexibility index (Phi) is 3.39. The Bertz CT molecular complexity index is 770. The number of amides is 1. The zero-order valence-electron chi connectivity index (χ0n) is 11.1. The van der Waals surface area contributed by atoms with Crippen molar-refractivity contribution in [2.75, 3.05) is 0 Å². The number of nitrogens with two attached hydrogens (primary N) is 1. The Balaban J connectivity index is 2.01. The van der Waals surface area contributed by atoms with Crippen LogP contribution in [0, 0.1) is 0 Å². The minimum absolute atomic E-state index is 0.194. The number of benzene rings is 1. The Morgan fingerprint density at radius 1 is 0.857 bits per heavy atom. The van der Waals surface area contributed by atoms with E-state index in [2.05, 4.69) is 15.2 Å². The van der Waals surface area contributed by atoms with Crippen LogP contribution in [0.15, 0.2) is 60.8 Å². The van der Waals surface area contributed by atoms with Crippen LogP contribution in [-0.4, -0.2) is 21.1 Å². The molecule has 0 unspecified atom stereocenters. The standard InChI is InChI=1S/C16H12N4O/c17-16(21)15-12(7-4-10-18-15)14-9-8-13(19-20-14)11-5-2-1-3-6-11/h1-10H,(H2,17,21). The number of rotatable bonds is 3. The summed E-state index contributed by atoms with van der Waals surface area (Å²) in [7, 11) is 0. The second kappa shape index (κ2) is 5.50. The largest absolute Gasteiger partial charge is 0.364 e. The van der Waals surface area contributed by atoms with Gasteiger partial charge in [0.25, 0.3) is 5.91 Å². The zero-order valence-corrected chi connectivity index (χ0v) is 11.1. The van der Waals surface area contributed by atoms with Crippen LogP contribution in [0.25, 0.3) is 22.5 Å². The average molecular weight is 276 g/mol. The quantitative estimate of drug-likeness (QED) is 0.795. The molecule has 0 aliphatic rings. The van der Waals surface area contributed by atoms with E-state index in [4.69, 9.17) is 5.73 Å². The number of carbonyl (C=O) groups is 1. The Hall–Kier alpha value is -3.08. The molecule has 0 atom stereocenters. The molecule has 3 rings (SSSR count). The topological polar surface area (TPSA) is 81.8 Å². The van der Waals surface area contributed by atoms with Gasteiger partial charge in [-0.2, -0.15) is 0 Å². The molecule has 0 fully saturated rings. The van der Waals surface area contributed by atoms with Crippen molar-refractivity contribution in [1.29, 1.82) is 0 Å². The van der Waals surface area contributed by atoms with Crippen molar-refractivity contribution >= 4 is 5.91 Å². The van der Waals surface area contributed by atoms with Gasteiger partial charge >= 0.3 is 0 Å². The first-order valence-electron chi connectivity index (χ1n) is 6.40. The van der Waals surface area contributed by atoms with Gasteiger partial charge in [0.05, 0.1) is 11.4 Å². The molecular formula is C16H12N4O. The molecule has 0 saturated carbocycles. The van der Waals surface area contributed by atoms with Gasteiger partial charge in [-0.3, -0.25) is 9.78 Å². The van der Waals surface area contributed by atoms with Gasteiger partial charge in [0.1, 0.15) is 5.69 Å². The van der Waals surface area contributed by atoms with Crippen molar-refractivity contribution < 1.29 is 4.79 Å². The van der Waals surface area contributed by atoms with Crippen LogP contribution in [0.2, 0.25) is 0 Å². The summed E-state index contributed by atoms with van der Waals surface area (Å²) in [4.78, 5) is 15.4. The normalized spacial score (nSPS) is 10.3. The zero-order chi connectivity index (χ0) is 14.7. The SMILES string of the molecule is NC(=O)c1ncccc1-c1ccc(-c2ccccc2)nn1. The summed E-state index contributed by atoms with van der Waals surface area (Å²) in [5.74, 6) is -0.584. The van der Waals surface area contributed by atoms with Crippen LogP contribution in [0.4, 0.5) is 0 Å². The van der Waals surface area contributed by atoms with E-state index in [1.165, 1.54) is 6.20 Å². The maximum Gasteiger partial charge on any atom is 0.268 e. The summed E-state index contributed by atoms with van der Waals surface area (Å²) in [5, 5.41) is 8.37. The molecule has 5 heteroatoms. The molecule has 2 heterocycles. The van der Waals surface area contributed by atoms with E-state index in [9.17, 15) is 4.79 Å². The maximum atomic E-state index is 11.4. The van der Waals surface area contributed by atoms with Crippen molar-refractivity contribution in [1.82, 2.24) is 15.2 Å². The lowest BCUT2D eigenvalue weighted by Crippen LogP contribution is -2.14. The lowest BCUT2D eigenvalue weighted by molar-refractivity contribution is 0.0996. The fourth-order valence-electron chi connectivity index (χ4n) is 2.05. The molecule has 0 bridgehead atoms. The molecule has 21 heavy (non-hydrogen) atoms. The molecule has 0 radical (unpaired) electrons. The lowest BCUT2D eigenvalue weighted by Gasteiger charge is -2.05. The monoisotopic (exact) mass is 276 g/mol. The minimum atomic E-state index is -0.584. The molecule has 0 aliphatic carbocycles. The lowest BCUT2D eigenvalue weighted by atomic mass is 10.1. The van der Waals surface area contributed by atoms with Crippen LogP contribution in [0.3, 0.4) is 0 Å². The molecule has 0 aliphatic heterocycles. The molecule has 1 amide bonds. The second-order valence-electron chi connectivity index (χ2n) is 4.43. The highest BCUT2D eigenvalue weighted by molar-refractivity contribution is 5.97. The average Bonchev–Trinajstić information content (AvgIpc) is 2.56. The highest BCUT2D eigenvalue weighted by Gasteiger charge is 2.12. The van der Waals surface area contributed by atoms with Crippen molar-refractivity contribution in [2.24, 2.45) is 5.73 Å². The molecule has 0 saturated heterocycles. The van der Waals surface area contributed by atoms with Crippen molar-refractivity contribution in [3.8, 4) is 22.5 Å². The van der Waals surface area contributed by atoms with E-state index in [1.54, 1.807) is 18.2 Å². The summed E-state index contributed by atoms with van der Waals surface area (Å²) in [5.41, 5.74) is 8.42.